The first-order valence-corrected chi connectivity index (χ1v) is 7.13. The summed E-state index contributed by atoms with van der Waals surface area (Å²) in [5.41, 5.74) is 1.76. The molecule has 7 heteroatoms. The van der Waals surface area contributed by atoms with Gasteiger partial charge < -0.3 is 10.1 Å². The smallest absolute Gasteiger partial charge is 0.343 e. The molecule has 118 valence electrons. The van der Waals surface area contributed by atoms with Crippen molar-refractivity contribution in [1.82, 2.24) is 14.6 Å². The fraction of sp³-hybridized carbons (Fsp3) is 0.188. The third kappa shape index (κ3) is 2.85. The highest BCUT2D eigenvalue weighted by Gasteiger charge is 2.18. The summed E-state index contributed by atoms with van der Waals surface area (Å²) in [5.74, 6) is -0.662. The molecule has 0 amide bonds. The van der Waals surface area contributed by atoms with Gasteiger partial charge in [0.05, 0.1) is 18.5 Å². The van der Waals surface area contributed by atoms with Crippen LogP contribution in [-0.4, -0.2) is 27.2 Å². The normalized spacial score (nSPS) is 10.7. The monoisotopic (exact) mass is 314 g/mol. The van der Waals surface area contributed by atoms with Crippen LogP contribution in [0.1, 0.15) is 22.8 Å². The molecule has 0 aliphatic heterocycles. The van der Waals surface area contributed by atoms with Gasteiger partial charge in [-0.3, -0.25) is 0 Å². The Labute approximate surface area is 131 Å². The molecule has 23 heavy (non-hydrogen) atoms. The van der Waals surface area contributed by atoms with Crippen molar-refractivity contribution in [2.75, 3.05) is 11.9 Å². The number of benzene rings is 1. The van der Waals surface area contributed by atoms with Gasteiger partial charge in [0.1, 0.15) is 11.4 Å². The molecule has 0 bridgehead atoms. The van der Waals surface area contributed by atoms with E-state index >= 15 is 0 Å². The Balaban J connectivity index is 2.11. The van der Waals surface area contributed by atoms with E-state index in [-0.39, 0.29) is 17.9 Å². The van der Waals surface area contributed by atoms with Crippen molar-refractivity contribution in [3.05, 3.63) is 53.6 Å². The van der Waals surface area contributed by atoms with E-state index in [9.17, 15) is 9.18 Å². The molecule has 0 aliphatic carbocycles. The van der Waals surface area contributed by atoms with Crippen molar-refractivity contribution in [1.29, 1.82) is 0 Å². The fourth-order valence-corrected chi connectivity index (χ4v) is 2.20. The maximum atomic E-state index is 14.1. The molecule has 0 spiro atoms. The number of hydrogen-bond donors (Lipinski definition) is 1. The Morgan fingerprint density at radius 2 is 2.22 bits per heavy atom. The van der Waals surface area contributed by atoms with E-state index in [1.54, 1.807) is 38.2 Å². The molecule has 3 aromatic rings. The first-order chi connectivity index (χ1) is 11.1. The number of halogens is 1. The summed E-state index contributed by atoms with van der Waals surface area (Å²) < 4.78 is 20.6. The van der Waals surface area contributed by atoms with Crippen LogP contribution >= 0.6 is 0 Å². The lowest BCUT2D eigenvalue weighted by atomic mass is 10.2. The van der Waals surface area contributed by atoms with Gasteiger partial charge in [0, 0.05) is 12.3 Å². The number of esters is 1. The van der Waals surface area contributed by atoms with E-state index in [2.05, 4.69) is 15.4 Å². The zero-order valence-electron chi connectivity index (χ0n) is 12.7. The van der Waals surface area contributed by atoms with Gasteiger partial charge in [-0.25, -0.2) is 14.2 Å². The second kappa shape index (κ2) is 6.04. The number of anilines is 2. The van der Waals surface area contributed by atoms with Crippen LogP contribution in [0.3, 0.4) is 0 Å². The average molecular weight is 314 g/mol. The van der Waals surface area contributed by atoms with Crippen molar-refractivity contribution >= 4 is 23.1 Å². The zero-order chi connectivity index (χ0) is 16.4. The quantitative estimate of drug-likeness (QED) is 0.749. The van der Waals surface area contributed by atoms with Crippen molar-refractivity contribution in [2.45, 2.75) is 13.8 Å². The van der Waals surface area contributed by atoms with Gasteiger partial charge >= 0.3 is 5.97 Å². The third-order valence-electron chi connectivity index (χ3n) is 3.29. The van der Waals surface area contributed by atoms with E-state index in [4.69, 9.17) is 4.74 Å². The molecule has 1 N–H and O–H groups in total. The van der Waals surface area contributed by atoms with Crippen LogP contribution in [0.4, 0.5) is 15.9 Å². The number of nitrogens with zero attached hydrogens (tertiary/aromatic N) is 3. The number of hydrogen-bond acceptors (Lipinski definition) is 5. The fourth-order valence-electron chi connectivity index (χ4n) is 2.20. The van der Waals surface area contributed by atoms with Gasteiger partial charge in [-0.1, -0.05) is 6.07 Å². The number of aromatic nitrogens is 3. The Morgan fingerprint density at radius 3 is 2.96 bits per heavy atom. The summed E-state index contributed by atoms with van der Waals surface area (Å²) in [7, 11) is 0. The topological polar surface area (TPSA) is 68.5 Å². The Morgan fingerprint density at radius 1 is 1.39 bits per heavy atom. The van der Waals surface area contributed by atoms with E-state index in [1.807, 2.05) is 0 Å². The highest BCUT2D eigenvalue weighted by atomic mass is 19.1. The largest absolute Gasteiger partial charge is 0.462 e. The van der Waals surface area contributed by atoms with Gasteiger partial charge in [0.2, 0.25) is 0 Å². The minimum absolute atomic E-state index is 0.183. The molecule has 1 aromatic carbocycles. The molecule has 3 rings (SSSR count). The highest BCUT2D eigenvalue weighted by molar-refractivity contribution is 5.95. The van der Waals surface area contributed by atoms with Crippen molar-refractivity contribution in [3.8, 4) is 0 Å². The summed E-state index contributed by atoms with van der Waals surface area (Å²) >= 11 is 0. The molecule has 6 nitrogen and oxygen atoms in total. The molecule has 0 unspecified atom stereocenters. The number of nitrogens with one attached hydrogen (secondary N) is 1. The second-order valence-corrected chi connectivity index (χ2v) is 4.95. The van der Waals surface area contributed by atoms with Gasteiger partial charge in [-0.15, -0.1) is 0 Å². The SMILES string of the molecule is CCOC(=O)c1cnc2ccnn2c1Nc1ccc(C)cc1F. The number of fused-ring (bicyclic) bond motifs is 1. The molecular weight excluding hydrogens is 299 g/mol. The maximum absolute atomic E-state index is 14.1. The molecule has 0 aliphatic rings. The van der Waals surface area contributed by atoms with Crippen LogP contribution in [0.2, 0.25) is 0 Å². The minimum atomic E-state index is -0.549. The van der Waals surface area contributed by atoms with E-state index in [1.165, 1.54) is 16.8 Å². The number of rotatable bonds is 4. The summed E-state index contributed by atoms with van der Waals surface area (Å²) in [6, 6.07) is 6.48. The Bertz CT molecular complexity index is 876. The number of aryl methyl sites for hydroxylation is 1. The predicted molar refractivity (Wildman–Crippen MR) is 83.4 cm³/mol. The number of ether oxygens (including phenoxy) is 1. The Kier molecular flexibility index (Phi) is 3.92. The first-order valence-electron chi connectivity index (χ1n) is 7.13. The minimum Gasteiger partial charge on any atom is -0.462 e. The summed E-state index contributed by atoms with van der Waals surface area (Å²) in [4.78, 5) is 16.3. The van der Waals surface area contributed by atoms with E-state index < -0.39 is 11.8 Å². The van der Waals surface area contributed by atoms with Crippen LogP contribution in [0.25, 0.3) is 5.65 Å². The molecule has 0 atom stereocenters. The predicted octanol–water partition coefficient (Wildman–Crippen LogP) is 3.10. The lowest BCUT2D eigenvalue weighted by Crippen LogP contribution is -2.13. The summed E-state index contributed by atoms with van der Waals surface area (Å²) in [6.45, 7) is 3.74. The van der Waals surface area contributed by atoms with E-state index in [0.717, 1.165) is 5.56 Å². The zero-order valence-corrected chi connectivity index (χ0v) is 12.7. The number of carbonyl (C=O) groups is 1. The highest BCUT2D eigenvalue weighted by Crippen LogP contribution is 2.24. The second-order valence-electron chi connectivity index (χ2n) is 4.95. The Hall–Kier alpha value is -2.96. The van der Waals surface area contributed by atoms with Crippen LogP contribution in [-0.2, 0) is 4.74 Å². The van der Waals surface area contributed by atoms with Crippen LogP contribution in [0, 0.1) is 12.7 Å². The van der Waals surface area contributed by atoms with Crippen molar-refractivity contribution in [3.63, 3.8) is 0 Å². The van der Waals surface area contributed by atoms with Crippen molar-refractivity contribution < 1.29 is 13.9 Å². The summed E-state index contributed by atoms with van der Waals surface area (Å²) in [6.07, 6.45) is 2.94. The first kappa shape index (κ1) is 15.0. The molecule has 0 saturated heterocycles. The van der Waals surface area contributed by atoms with Crippen LogP contribution in [0.15, 0.2) is 36.7 Å². The molecule has 0 radical (unpaired) electrons. The molecule has 2 aromatic heterocycles. The van der Waals surface area contributed by atoms with Crippen LogP contribution in [0.5, 0.6) is 0 Å². The average Bonchev–Trinajstić information content (AvgIpc) is 2.99. The molecular formula is C16H15FN4O2. The lowest BCUT2D eigenvalue weighted by molar-refractivity contribution is 0.0526. The molecule has 0 saturated carbocycles. The van der Waals surface area contributed by atoms with Gasteiger partial charge in [-0.05, 0) is 31.5 Å². The third-order valence-corrected chi connectivity index (χ3v) is 3.29. The lowest BCUT2D eigenvalue weighted by Gasteiger charge is -2.13. The van der Waals surface area contributed by atoms with Gasteiger partial charge in [0.25, 0.3) is 0 Å². The number of carbonyl (C=O) groups excluding carboxylic acids is 1. The van der Waals surface area contributed by atoms with Gasteiger partial charge in [0.15, 0.2) is 11.5 Å². The molecule has 2 heterocycles. The van der Waals surface area contributed by atoms with E-state index in [0.29, 0.717) is 11.5 Å². The van der Waals surface area contributed by atoms with Crippen molar-refractivity contribution in [2.24, 2.45) is 0 Å². The standard InChI is InChI=1S/C16H15FN4O2/c1-3-23-16(22)11-9-18-14-6-7-19-21(14)15(11)20-13-5-4-10(2)8-12(13)17/h4-9,20H,3H2,1-2H3. The summed E-state index contributed by atoms with van der Waals surface area (Å²) in [5, 5.41) is 7.05. The van der Waals surface area contributed by atoms with Crippen LogP contribution < -0.4 is 5.32 Å². The maximum Gasteiger partial charge on any atom is 0.343 e. The molecule has 0 fully saturated rings. The van der Waals surface area contributed by atoms with Gasteiger partial charge in [-0.2, -0.15) is 9.61 Å².